The molecule has 1 aromatic rings. The van der Waals surface area contributed by atoms with Gasteiger partial charge in [-0.05, 0) is 43.5 Å². The summed E-state index contributed by atoms with van der Waals surface area (Å²) in [5.41, 5.74) is 0.773. The average molecular weight is 226 g/mol. The molecule has 3 heteroatoms. The fourth-order valence-corrected chi connectivity index (χ4v) is 1.68. The number of rotatable bonds is 4. The summed E-state index contributed by atoms with van der Waals surface area (Å²) in [5, 5.41) is 10.3. The molecule has 2 nitrogen and oxygen atoms in total. The van der Waals surface area contributed by atoms with Crippen molar-refractivity contribution >= 4 is 0 Å². The molecule has 2 atom stereocenters. The minimum atomic E-state index is -0.821. The third-order valence-electron chi connectivity index (χ3n) is 3.28. The van der Waals surface area contributed by atoms with Gasteiger partial charge in [-0.15, -0.1) is 0 Å². The third-order valence-corrected chi connectivity index (χ3v) is 3.28. The number of halogens is 1. The van der Waals surface area contributed by atoms with E-state index in [9.17, 15) is 9.50 Å². The van der Waals surface area contributed by atoms with Gasteiger partial charge in [0.1, 0.15) is 11.9 Å². The Kier molecular flexibility index (Phi) is 4.05. The number of aliphatic hydroxyl groups excluding tert-OH is 1. The van der Waals surface area contributed by atoms with Gasteiger partial charge in [-0.3, -0.25) is 0 Å². The lowest BCUT2D eigenvalue weighted by Gasteiger charge is -2.33. The standard InChI is InChI=1S/C13H19FO2/c1-5-13(3,16-4)12(15)11-8-10(14)7-6-9(11)2/h6-8,12,15H,5H2,1-4H3. The van der Waals surface area contributed by atoms with Crippen LogP contribution in [0.3, 0.4) is 0 Å². The Morgan fingerprint density at radius 1 is 1.50 bits per heavy atom. The van der Waals surface area contributed by atoms with E-state index in [0.29, 0.717) is 12.0 Å². The van der Waals surface area contributed by atoms with Gasteiger partial charge in [-0.1, -0.05) is 13.0 Å². The Hall–Kier alpha value is -0.930. The SMILES string of the molecule is CCC(C)(OC)C(O)c1cc(F)ccc1C. The zero-order chi connectivity index (χ0) is 12.3. The first-order valence-corrected chi connectivity index (χ1v) is 5.44. The Morgan fingerprint density at radius 2 is 2.12 bits per heavy atom. The van der Waals surface area contributed by atoms with Crippen molar-refractivity contribution in [2.24, 2.45) is 0 Å². The second-order valence-corrected chi connectivity index (χ2v) is 4.27. The van der Waals surface area contributed by atoms with Crippen LogP contribution in [-0.4, -0.2) is 17.8 Å². The predicted molar refractivity (Wildman–Crippen MR) is 61.8 cm³/mol. The molecule has 2 unspecified atom stereocenters. The van der Waals surface area contributed by atoms with Crippen LogP contribution < -0.4 is 0 Å². The molecule has 0 aliphatic carbocycles. The fourth-order valence-electron chi connectivity index (χ4n) is 1.68. The Labute approximate surface area is 96.1 Å². The van der Waals surface area contributed by atoms with Crippen LogP contribution in [0.1, 0.15) is 37.5 Å². The minimum absolute atomic E-state index is 0.339. The lowest BCUT2D eigenvalue weighted by atomic mass is 9.88. The number of hydrogen-bond acceptors (Lipinski definition) is 2. The summed E-state index contributed by atoms with van der Waals surface area (Å²) < 4.78 is 18.5. The number of methoxy groups -OCH3 is 1. The molecule has 0 saturated carbocycles. The Morgan fingerprint density at radius 3 is 2.62 bits per heavy atom. The van der Waals surface area contributed by atoms with Gasteiger partial charge in [0.25, 0.3) is 0 Å². The summed E-state index contributed by atoms with van der Waals surface area (Å²) in [6.07, 6.45) is -0.168. The molecule has 0 aliphatic heterocycles. The first kappa shape index (κ1) is 13.1. The summed E-state index contributed by atoms with van der Waals surface area (Å²) in [6, 6.07) is 4.42. The van der Waals surface area contributed by atoms with Gasteiger partial charge in [-0.25, -0.2) is 4.39 Å². The second kappa shape index (κ2) is 4.93. The van der Waals surface area contributed by atoms with Crippen LogP contribution in [-0.2, 0) is 4.74 Å². The van der Waals surface area contributed by atoms with Gasteiger partial charge < -0.3 is 9.84 Å². The highest BCUT2D eigenvalue weighted by Crippen LogP contribution is 2.33. The summed E-state index contributed by atoms with van der Waals surface area (Å²) >= 11 is 0. The van der Waals surface area contributed by atoms with E-state index in [1.807, 2.05) is 20.8 Å². The monoisotopic (exact) mass is 226 g/mol. The maximum Gasteiger partial charge on any atom is 0.123 e. The fraction of sp³-hybridized carbons (Fsp3) is 0.538. The lowest BCUT2D eigenvalue weighted by Crippen LogP contribution is -2.34. The van der Waals surface area contributed by atoms with E-state index in [4.69, 9.17) is 4.74 Å². The normalized spacial score (nSPS) is 16.9. The highest BCUT2D eigenvalue weighted by atomic mass is 19.1. The molecule has 0 saturated heterocycles. The van der Waals surface area contributed by atoms with Crippen LogP contribution >= 0.6 is 0 Å². The third kappa shape index (κ3) is 2.42. The molecule has 0 heterocycles. The van der Waals surface area contributed by atoms with Crippen molar-refractivity contribution in [3.8, 4) is 0 Å². The predicted octanol–water partition coefficient (Wildman–Crippen LogP) is 2.98. The molecule has 1 aromatic carbocycles. The van der Waals surface area contributed by atoms with Crippen LogP contribution in [0.25, 0.3) is 0 Å². The molecule has 0 aromatic heterocycles. The molecule has 90 valence electrons. The van der Waals surface area contributed by atoms with Crippen LogP contribution in [0.5, 0.6) is 0 Å². The molecule has 0 fully saturated rings. The van der Waals surface area contributed by atoms with Gasteiger partial charge >= 0.3 is 0 Å². The van der Waals surface area contributed by atoms with Crippen molar-refractivity contribution in [2.45, 2.75) is 38.9 Å². The first-order valence-electron chi connectivity index (χ1n) is 5.44. The van der Waals surface area contributed by atoms with Crippen molar-refractivity contribution in [2.75, 3.05) is 7.11 Å². The van der Waals surface area contributed by atoms with Crippen molar-refractivity contribution in [3.63, 3.8) is 0 Å². The summed E-state index contributed by atoms with van der Waals surface area (Å²) in [7, 11) is 1.56. The molecule has 1 N–H and O–H groups in total. The largest absolute Gasteiger partial charge is 0.385 e. The Balaban J connectivity index is 3.12. The molecule has 0 amide bonds. The van der Waals surface area contributed by atoms with E-state index in [0.717, 1.165) is 5.56 Å². The number of hydrogen-bond donors (Lipinski definition) is 1. The first-order chi connectivity index (χ1) is 7.44. The van der Waals surface area contributed by atoms with E-state index in [1.165, 1.54) is 12.1 Å². The zero-order valence-corrected chi connectivity index (χ0v) is 10.2. The molecule has 0 radical (unpaired) electrons. The van der Waals surface area contributed by atoms with Crippen molar-refractivity contribution in [3.05, 3.63) is 35.1 Å². The highest BCUT2D eigenvalue weighted by molar-refractivity contribution is 5.30. The molecular weight excluding hydrogens is 207 g/mol. The topological polar surface area (TPSA) is 29.5 Å². The maximum atomic E-state index is 13.2. The summed E-state index contributed by atoms with van der Waals surface area (Å²) in [4.78, 5) is 0. The number of benzene rings is 1. The second-order valence-electron chi connectivity index (χ2n) is 4.27. The highest BCUT2D eigenvalue weighted by Gasteiger charge is 2.33. The van der Waals surface area contributed by atoms with E-state index in [1.54, 1.807) is 13.2 Å². The minimum Gasteiger partial charge on any atom is -0.385 e. The number of ether oxygens (including phenoxy) is 1. The van der Waals surface area contributed by atoms with Gasteiger partial charge in [-0.2, -0.15) is 0 Å². The quantitative estimate of drug-likeness (QED) is 0.855. The molecule has 1 rings (SSSR count). The van der Waals surface area contributed by atoms with Gasteiger partial charge in [0.2, 0.25) is 0 Å². The summed E-state index contributed by atoms with van der Waals surface area (Å²) in [5.74, 6) is -0.339. The zero-order valence-electron chi connectivity index (χ0n) is 10.2. The van der Waals surface area contributed by atoms with Crippen molar-refractivity contribution < 1.29 is 14.2 Å². The van der Waals surface area contributed by atoms with Gasteiger partial charge in [0.05, 0.1) is 5.60 Å². The van der Waals surface area contributed by atoms with Crippen molar-refractivity contribution in [1.82, 2.24) is 0 Å². The van der Waals surface area contributed by atoms with Gasteiger partial charge in [0.15, 0.2) is 0 Å². The number of aliphatic hydroxyl groups is 1. The summed E-state index contributed by atoms with van der Waals surface area (Å²) in [6.45, 7) is 5.60. The van der Waals surface area contributed by atoms with Crippen LogP contribution in [0.2, 0.25) is 0 Å². The van der Waals surface area contributed by atoms with Crippen LogP contribution in [0.4, 0.5) is 4.39 Å². The molecule has 16 heavy (non-hydrogen) atoms. The Bertz CT molecular complexity index is 359. The van der Waals surface area contributed by atoms with Crippen LogP contribution in [0, 0.1) is 12.7 Å². The lowest BCUT2D eigenvalue weighted by molar-refractivity contribution is -0.0947. The molecule has 0 spiro atoms. The average Bonchev–Trinajstić information content (AvgIpc) is 2.30. The molecular formula is C13H19FO2. The number of aryl methyl sites for hydroxylation is 1. The smallest absolute Gasteiger partial charge is 0.123 e. The van der Waals surface area contributed by atoms with Crippen molar-refractivity contribution in [1.29, 1.82) is 0 Å². The molecule has 0 aliphatic rings. The van der Waals surface area contributed by atoms with E-state index >= 15 is 0 Å². The van der Waals surface area contributed by atoms with Gasteiger partial charge in [0, 0.05) is 7.11 Å². The molecule has 0 bridgehead atoms. The van der Waals surface area contributed by atoms with Crippen LogP contribution in [0.15, 0.2) is 18.2 Å². The maximum absolute atomic E-state index is 13.2. The van der Waals surface area contributed by atoms with E-state index in [2.05, 4.69) is 0 Å². The van der Waals surface area contributed by atoms with E-state index < -0.39 is 11.7 Å². The van der Waals surface area contributed by atoms with E-state index in [-0.39, 0.29) is 5.82 Å².